The summed E-state index contributed by atoms with van der Waals surface area (Å²) in [6.45, 7) is 4.35. The zero-order chi connectivity index (χ0) is 24.9. The quantitative estimate of drug-likeness (QED) is 0.319. The molecule has 4 rings (SSSR count). The smallest absolute Gasteiger partial charge is 0.344 e. The minimum absolute atomic E-state index is 0.0380. The highest BCUT2D eigenvalue weighted by molar-refractivity contribution is 5.97. The molecule has 0 bridgehead atoms. The lowest BCUT2D eigenvalue weighted by Gasteiger charge is -2.26. The summed E-state index contributed by atoms with van der Waals surface area (Å²) in [7, 11) is 0. The summed E-state index contributed by atoms with van der Waals surface area (Å²) in [4.78, 5) is 23.3. The van der Waals surface area contributed by atoms with E-state index in [0.717, 1.165) is 42.6 Å². The van der Waals surface area contributed by atoms with Crippen molar-refractivity contribution in [3.63, 3.8) is 0 Å². The molecule has 2 N–H and O–H groups in total. The number of rotatable bonds is 12. The molecule has 0 spiro atoms. The number of hydrogen-bond acceptors (Lipinski definition) is 6. The predicted molar refractivity (Wildman–Crippen MR) is 131 cm³/mol. The van der Waals surface area contributed by atoms with E-state index in [1.165, 1.54) is 6.92 Å². The maximum absolute atomic E-state index is 11.8. The molecule has 1 fully saturated rings. The molecule has 2 aliphatic rings. The van der Waals surface area contributed by atoms with Crippen LogP contribution in [-0.2, 0) is 24.1 Å². The second-order valence-electron chi connectivity index (χ2n) is 9.46. The second-order valence-corrected chi connectivity index (χ2v) is 9.46. The Kier molecular flexibility index (Phi) is 7.83. The Bertz CT molecular complexity index is 1090. The average Bonchev–Trinajstić information content (AvgIpc) is 3.65. The summed E-state index contributed by atoms with van der Waals surface area (Å²) in [5.74, 6) is 1.47. The molecule has 188 valence electrons. The summed E-state index contributed by atoms with van der Waals surface area (Å²) in [5, 5.41) is 20.0. The number of aryl methyl sites for hydroxylation is 1. The van der Waals surface area contributed by atoms with Gasteiger partial charge in [0.1, 0.15) is 23.0 Å². The molecule has 1 unspecified atom stereocenters. The minimum atomic E-state index is -0.940. The number of hydrogen-bond donors (Lipinski definition) is 2. The van der Waals surface area contributed by atoms with Gasteiger partial charge in [-0.15, -0.1) is 0 Å². The van der Waals surface area contributed by atoms with E-state index in [9.17, 15) is 19.8 Å². The SMILES string of the molecule is CCCc1c(OCCCOc2ccc(C(C)=O)c(O)c2CC2CC2)ccc2c1OC(C(=O)O)CC2. The van der Waals surface area contributed by atoms with Crippen LogP contribution in [-0.4, -0.2) is 41.3 Å². The molecule has 1 aliphatic carbocycles. The highest BCUT2D eigenvalue weighted by Crippen LogP contribution is 2.41. The van der Waals surface area contributed by atoms with Crippen LogP contribution in [0.25, 0.3) is 0 Å². The first-order valence-electron chi connectivity index (χ1n) is 12.5. The van der Waals surface area contributed by atoms with Gasteiger partial charge in [0.15, 0.2) is 11.9 Å². The lowest BCUT2D eigenvalue weighted by atomic mass is 9.96. The van der Waals surface area contributed by atoms with Crippen molar-refractivity contribution in [2.75, 3.05) is 13.2 Å². The Morgan fingerprint density at radius 3 is 2.34 bits per heavy atom. The molecule has 0 aromatic heterocycles. The molecular weight excluding hydrogens is 448 g/mol. The van der Waals surface area contributed by atoms with E-state index in [1.807, 2.05) is 12.1 Å². The molecule has 35 heavy (non-hydrogen) atoms. The van der Waals surface area contributed by atoms with Gasteiger partial charge in [0.25, 0.3) is 0 Å². The van der Waals surface area contributed by atoms with Crippen LogP contribution >= 0.6 is 0 Å². The van der Waals surface area contributed by atoms with Crippen molar-refractivity contribution >= 4 is 11.8 Å². The molecule has 2 aromatic rings. The lowest BCUT2D eigenvalue weighted by Crippen LogP contribution is -2.31. The summed E-state index contributed by atoms with van der Waals surface area (Å²) < 4.78 is 17.9. The third kappa shape index (κ3) is 5.89. The topological polar surface area (TPSA) is 102 Å². The van der Waals surface area contributed by atoms with E-state index >= 15 is 0 Å². The van der Waals surface area contributed by atoms with Crippen LogP contribution < -0.4 is 14.2 Å². The van der Waals surface area contributed by atoms with Crippen molar-refractivity contribution in [1.82, 2.24) is 0 Å². The van der Waals surface area contributed by atoms with E-state index in [1.54, 1.807) is 12.1 Å². The predicted octanol–water partition coefficient (Wildman–Crippen LogP) is 5.13. The van der Waals surface area contributed by atoms with Gasteiger partial charge in [0.05, 0.1) is 18.8 Å². The van der Waals surface area contributed by atoms with Gasteiger partial charge in [-0.1, -0.05) is 19.4 Å². The van der Waals surface area contributed by atoms with Crippen LogP contribution in [0.4, 0.5) is 0 Å². The van der Waals surface area contributed by atoms with Gasteiger partial charge in [-0.25, -0.2) is 4.79 Å². The number of fused-ring (bicyclic) bond motifs is 1. The van der Waals surface area contributed by atoms with Crippen LogP contribution in [0.3, 0.4) is 0 Å². The first kappa shape index (κ1) is 24.9. The van der Waals surface area contributed by atoms with Crippen LogP contribution in [0.5, 0.6) is 23.0 Å². The highest BCUT2D eigenvalue weighted by Gasteiger charge is 2.29. The van der Waals surface area contributed by atoms with Crippen LogP contribution in [0, 0.1) is 5.92 Å². The normalized spacial score (nSPS) is 16.8. The van der Waals surface area contributed by atoms with E-state index in [2.05, 4.69) is 6.92 Å². The molecule has 7 nitrogen and oxygen atoms in total. The van der Waals surface area contributed by atoms with Gasteiger partial charge in [0.2, 0.25) is 0 Å². The molecule has 1 aliphatic heterocycles. The number of Topliss-reactive ketones (excluding diaryl/α,β-unsaturated/α-hetero) is 1. The van der Waals surface area contributed by atoms with Crippen molar-refractivity contribution in [2.45, 2.75) is 71.3 Å². The number of carboxylic acids is 1. The lowest BCUT2D eigenvalue weighted by molar-refractivity contribution is -0.145. The van der Waals surface area contributed by atoms with Crippen LogP contribution in [0.2, 0.25) is 0 Å². The van der Waals surface area contributed by atoms with Crippen molar-refractivity contribution in [2.24, 2.45) is 5.92 Å². The molecule has 0 radical (unpaired) electrons. The molecular formula is C28H34O7. The molecule has 7 heteroatoms. The largest absolute Gasteiger partial charge is 0.507 e. The molecule has 1 atom stereocenters. The molecule has 1 heterocycles. The highest BCUT2D eigenvalue weighted by atomic mass is 16.5. The molecule has 0 amide bonds. The molecule has 2 aromatic carbocycles. The third-order valence-electron chi connectivity index (χ3n) is 6.62. The Hall–Kier alpha value is -3.22. The number of ether oxygens (including phenoxy) is 3. The fourth-order valence-corrected chi connectivity index (χ4v) is 4.55. The van der Waals surface area contributed by atoms with Crippen LogP contribution in [0.1, 0.15) is 73.0 Å². The summed E-state index contributed by atoms with van der Waals surface area (Å²) in [5.41, 5.74) is 3.00. The number of ketones is 1. The first-order valence-corrected chi connectivity index (χ1v) is 12.5. The van der Waals surface area contributed by atoms with E-state index in [0.29, 0.717) is 67.4 Å². The average molecular weight is 483 g/mol. The summed E-state index contributed by atoms with van der Waals surface area (Å²) in [6.07, 6.45) is 5.56. The third-order valence-corrected chi connectivity index (χ3v) is 6.62. The standard InChI is InChI=1S/C28H34O7/c1-3-5-21-23(11-8-19-9-12-25(28(31)32)35-27(19)21)33-14-4-15-34-24-13-10-20(17(2)29)26(30)22(24)16-18-6-7-18/h8,10-11,13,18,25,30H,3-7,9,12,14-16H2,1-2H3,(H,31,32). The van der Waals surface area contributed by atoms with Crippen molar-refractivity contribution in [1.29, 1.82) is 0 Å². The fraction of sp³-hybridized carbons (Fsp3) is 0.500. The zero-order valence-electron chi connectivity index (χ0n) is 20.5. The zero-order valence-corrected chi connectivity index (χ0v) is 20.5. The fourth-order valence-electron chi connectivity index (χ4n) is 4.55. The monoisotopic (exact) mass is 482 g/mol. The van der Waals surface area contributed by atoms with Crippen LogP contribution in [0.15, 0.2) is 24.3 Å². The number of phenols is 1. The molecule has 0 saturated heterocycles. The molecule has 1 saturated carbocycles. The number of carboxylic acid groups (broad SMARTS) is 1. The van der Waals surface area contributed by atoms with Gasteiger partial charge in [-0.2, -0.15) is 0 Å². The number of aliphatic carboxylic acids is 1. The maximum atomic E-state index is 11.8. The first-order chi connectivity index (χ1) is 16.9. The Morgan fingerprint density at radius 2 is 1.71 bits per heavy atom. The Morgan fingerprint density at radius 1 is 1.03 bits per heavy atom. The number of benzene rings is 2. The minimum Gasteiger partial charge on any atom is -0.507 e. The number of aromatic hydroxyl groups is 1. The van der Waals surface area contributed by atoms with Gasteiger partial charge in [-0.3, -0.25) is 4.79 Å². The van der Waals surface area contributed by atoms with E-state index < -0.39 is 12.1 Å². The Labute approximate surface area is 206 Å². The number of carbonyl (C=O) groups is 2. The Balaban J connectivity index is 1.38. The maximum Gasteiger partial charge on any atom is 0.344 e. The van der Waals surface area contributed by atoms with Crippen molar-refractivity contribution < 1.29 is 34.0 Å². The van der Waals surface area contributed by atoms with Gasteiger partial charge in [0, 0.05) is 17.5 Å². The number of phenolic OH excluding ortho intramolecular Hbond substituents is 1. The summed E-state index contributed by atoms with van der Waals surface area (Å²) in [6, 6.07) is 7.30. The van der Waals surface area contributed by atoms with Gasteiger partial charge < -0.3 is 24.4 Å². The summed E-state index contributed by atoms with van der Waals surface area (Å²) >= 11 is 0. The number of carbonyl (C=O) groups excluding carboxylic acids is 1. The van der Waals surface area contributed by atoms with Gasteiger partial charge >= 0.3 is 5.97 Å². The van der Waals surface area contributed by atoms with Gasteiger partial charge in [-0.05, 0) is 75.1 Å². The van der Waals surface area contributed by atoms with Crippen molar-refractivity contribution in [3.05, 3.63) is 46.5 Å². The van der Waals surface area contributed by atoms with E-state index in [4.69, 9.17) is 14.2 Å². The second kappa shape index (κ2) is 11.0. The van der Waals surface area contributed by atoms with Crippen molar-refractivity contribution in [3.8, 4) is 23.0 Å². The van der Waals surface area contributed by atoms with E-state index in [-0.39, 0.29) is 11.5 Å².